The lowest BCUT2D eigenvalue weighted by Crippen LogP contribution is -2.39. The number of nitrogens with zero attached hydrogens (tertiary/aromatic N) is 7. The zero-order valence-corrected chi connectivity index (χ0v) is 39.0. The molecule has 0 saturated carbocycles. The fourth-order valence-corrected chi connectivity index (χ4v) is 10.8. The van der Waals surface area contributed by atoms with Crippen LogP contribution in [0, 0.1) is 18.8 Å². The Bertz CT molecular complexity index is 2630. The number of ether oxygens (including phenoxy) is 2. The van der Waals surface area contributed by atoms with Crippen molar-refractivity contribution in [2.24, 2.45) is 11.8 Å². The number of hydrogen-bond acceptors (Lipinski definition) is 10. The summed E-state index contributed by atoms with van der Waals surface area (Å²) in [6, 6.07) is 9.66. The number of benzene rings is 2. The lowest BCUT2D eigenvalue weighted by atomic mass is 9.84. The first-order chi connectivity index (χ1) is 28.7. The fourth-order valence-electron chi connectivity index (χ4n) is 8.89. The molecule has 332 valence electrons. The van der Waals surface area contributed by atoms with Crippen molar-refractivity contribution in [3.8, 4) is 0 Å². The maximum Gasteiger partial charge on any atom is 0.283 e. The molecule has 5 heterocycles. The van der Waals surface area contributed by atoms with Crippen LogP contribution in [0.3, 0.4) is 0 Å². The van der Waals surface area contributed by atoms with E-state index in [0.717, 1.165) is 78.8 Å². The molecule has 0 aliphatic carbocycles. The molecule has 61 heavy (non-hydrogen) atoms. The number of amides is 1. The van der Waals surface area contributed by atoms with Gasteiger partial charge in [-0.1, -0.05) is 34.6 Å². The van der Waals surface area contributed by atoms with E-state index in [0.29, 0.717) is 61.2 Å². The topological polar surface area (TPSA) is 161 Å². The van der Waals surface area contributed by atoms with E-state index in [1.807, 2.05) is 19.9 Å². The quantitative estimate of drug-likeness (QED) is 0.101. The molecule has 3 aromatic heterocycles. The highest BCUT2D eigenvalue weighted by atomic mass is 35.7. The molecule has 0 bridgehead atoms. The summed E-state index contributed by atoms with van der Waals surface area (Å²) in [4.78, 5) is 26.1. The van der Waals surface area contributed by atoms with Crippen molar-refractivity contribution in [1.82, 2.24) is 33.2 Å². The molecule has 1 atom stereocenters. The van der Waals surface area contributed by atoms with Gasteiger partial charge in [-0.2, -0.15) is 17.6 Å². The number of rotatable bonds is 14. The molecular formula is C44H60ClN7O7S2. The van der Waals surface area contributed by atoms with Crippen LogP contribution in [0.15, 0.2) is 52.4 Å². The Labute approximate surface area is 364 Å². The van der Waals surface area contributed by atoms with E-state index in [4.69, 9.17) is 30.1 Å². The lowest BCUT2D eigenvalue weighted by Gasteiger charge is -2.32. The zero-order valence-electron chi connectivity index (χ0n) is 36.6. The summed E-state index contributed by atoms with van der Waals surface area (Å²) >= 11 is 0. The van der Waals surface area contributed by atoms with Gasteiger partial charge in [0, 0.05) is 73.6 Å². The molecule has 2 aliphatic heterocycles. The molecule has 5 aromatic rings. The van der Waals surface area contributed by atoms with Gasteiger partial charge in [0.15, 0.2) is 0 Å². The van der Waals surface area contributed by atoms with Crippen LogP contribution in [0.5, 0.6) is 0 Å². The highest BCUT2D eigenvalue weighted by Crippen LogP contribution is 2.36. The summed E-state index contributed by atoms with van der Waals surface area (Å²) in [5.74, 6) is 2.26. The minimum atomic E-state index is -4.17. The van der Waals surface area contributed by atoms with Crippen LogP contribution >= 0.6 is 10.7 Å². The second-order valence-corrected chi connectivity index (χ2v) is 22.9. The Kier molecular flexibility index (Phi) is 12.9. The first-order valence-electron chi connectivity index (χ1n) is 21.4. The summed E-state index contributed by atoms with van der Waals surface area (Å²) in [6.07, 6.45) is 6.39. The molecule has 2 saturated heterocycles. The largest absolute Gasteiger partial charge is 0.381 e. The monoisotopic (exact) mass is 897 g/mol. The van der Waals surface area contributed by atoms with Gasteiger partial charge in [0.05, 0.1) is 49.3 Å². The molecule has 2 aliphatic rings. The maximum absolute atomic E-state index is 14.3. The van der Waals surface area contributed by atoms with Gasteiger partial charge in [-0.3, -0.25) is 4.79 Å². The number of carbonyl (C=O) groups excluding carboxylic acids is 1. The first kappa shape index (κ1) is 45.2. The van der Waals surface area contributed by atoms with Gasteiger partial charge < -0.3 is 23.5 Å². The number of aromatic nitrogens is 6. The van der Waals surface area contributed by atoms with Crippen LogP contribution in [0.2, 0.25) is 0 Å². The van der Waals surface area contributed by atoms with E-state index in [9.17, 15) is 21.6 Å². The third kappa shape index (κ3) is 9.44. The lowest BCUT2D eigenvalue weighted by molar-refractivity contribution is 0.0608. The first-order valence-corrected chi connectivity index (χ1v) is 25.2. The Hall–Kier alpha value is -3.83. The highest BCUT2D eigenvalue weighted by Gasteiger charge is 2.33. The van der Waals surface area contributed by atoms with Crippen molar-refractivity contribution in [2.75, 3.05) is 33.0 Å². The third-order valence-corrected chi connectivity index (χ3v) is 15.4. The van der Waals surface area contributed by atoms with E-state index >= 15 is 0 Å². The van der Waals surface area contributed by atoms with E-state index in [2.05, 4.69) is 48.9 Å². The minimum Gasteiger partial charge on any atom is -0.381 e. The number of halogens is 1. The van der Waals surface area contributed by atoms with Crippen LogP contribution in [0.25, 0.3) is 22.1 Å². The van der Waals surface area contributed by atoms with Gasteiger partial charge in [-0.15, -0.1) is 0 Å². The summed E-state index contributed by atoms with van der Waals surface area (Å²) in [5, 5.41) is 4.38. The van der Waals surface area contributed by atoms with Gasteiger partial charge in [-0.25, -0.2) is 18.4 Å². The van der Waals surface area contributed by atoms with E-state index < -0.39 is 24.5 Å². The molecule has 0 radical (unpaired) electrons. The van der Waals surface area contributed by atoms with Crippen LogP contribution in [0.4, 0.5) is 0 Å². The van der Waals surface area contributed by atoms with Crippen LogP contribution < -0.4 is 0 Å². The number of hydrogen-bond donors (Lipinski definition) is 0. The van der Waals surface area contributed by atoms with Crippen LogP contribution in [0.1, 0.15) is 115 Å². The number of imidazole rings is 2. The smallest absolute Gasteiger partial charge is 0.283 e. The molecule has 2 fully saturated rings. The number of fused-ring (bicyclic) bond motifs is 2. The zero-order chi connectivity index (χ0) is 44.1. The number of aryl methyl sites for hydroxylation is 1. The second kappa shape index (κ2) is 17.4. The summed E-state index contributed by atoms with van der Waals surface area (Å²) in [6.45, 7) is 20.9. The summed E-state index contributed by atoms with van der Waals surface area (Å²) in [5.41, 5.74) is 2.69. The molecule has 7 rings (SSSR count). The van der Waals surface area contributed by atoms with Gasteiger partial charge >= 0.3 is 0 Å². The second-order valence-electron chi connectivity index (χ2n) is 18.6. The van der Waals surface area contributed by atoms with E-state index in [1.165, 1.54) is 18.3 Å². The van der Waals surface area contributed by atoms with Crippen molar-refractivity contribution in [1.29, 1.82) is 0 Å². The Morgan fingerprint density at radius 3 is 1.87 bits per heavy atom. The van der Waals surface area contributed by atoms with Crippen molar-refractivity contribution in [3.63, 3.8) is 0 Å². The predicted molar refractivity (Wildman–Crippen MR) is 236 cm³/mol. The molecule has 1 amide bonds. The van der Waals surface area contributed by atoms with Crippen LogP contribution in [-0.4, -0.2) is 94.9 Å². The molecule has 14 nitrogen and oxygen atoms in total. The molecule has 17 heteroatoms. The van der Waals surface area contributed by atoms with Gasteiger partial charge in [0.2, 0.25) is 0 Å². The number of carbonyl (C=O) groups is 1. The summed E-state index contributed by atoms with van der Waals surface area (Å²) < 4.78 is 69.3. The minimum absolute atomic E-state index is 0.00273. The average molecular weight is 899 g/mol. The van der Waals surface area contributed by atoms with Gasteiger partial charge in [-0.05, 0) is 108 Å². The van der Waals surface area contributed by atoms with E-state index in [1.54, 1.807) is 30.0 Å². The SMILES string of the molecule is CCN(C(=O)c1cn(S(=O)(=O)c2ccc3c(c2)nc(C(C)(C)C)n3CC2CCOCC2)nc1C)[C@@H](C)CCC(C)(C)c1nc2cc(S(=O)(=O)Cl)ccc2n1CC1CCOCC1. The molecule has 0 N–H and O–H groups in total. The maximum atomic E-state index is 14.3. The predicted octanol–water partition coefficient (Wildman–Crippen LogP) is 7.81. The van der Waals surface area contributed by atoms with E-state index in [-0.39, 0.29) is 32.7 Å². The summed E-state index contributed by atoms with van der Waals surface area (Å²) in [7, 11) is -2.39. The van der Waals surface area contributed by atoms with Gasteiger partial charge in [0.1, 0.15) is 11.6 Å². The highest BCUT2D eigenvalue weighted by molar-refractivity contribution is 8.13. The fraction of sp³-hybridized carbons (Fsp3) is 0.591. The average Bonchev–Trinajstić information content (AvgIpc) is 3.91. The molecule has 2 aromatic carbocycles. The third-order valence-electron chi connectivity index (χ3n) is 12.5. The standard InChI is InChI=1S/C44H60ClN7O7S2/c1-9-49(29(2)14-19-44(7,8)42-47-36-24-33(60(45,54)55)10-12-39(36)51(42)27-32-17-22-59-23-18-32)40(53)35-28-52(48-30(35)3)61(56,57)34-11-13-38-37(25-34)46-41(43(4,5)6)50(38)26-31-15-20-58-21-16-31/h10-13,24-25,28-29,31-32H,9,14-23,26-27H2,1-8H3/t29-/m0/s1. The van der Waals surface area contributed by atoms with Crippen LogP contribution in [-0.2, 0) is 52.5 Å². The Morgan fingerprint density at radius 1 is 0.836 bits per heavy atom. The normalized spacial score (nSPS) is 17.1. The molecule has 0 spiro atoms. The van der Waals surface area contributed by atoms with Crippen molar-refractivity contribution < 1.29 is 31.1 Å². The molecule has 0 unspecified atom stereocenters. The van der Waals surface area contributed by atoms with Crippen molar-refractivity contribution in [2.45, 2.75) is 134 Å². The van der Waals surface area contributed by atoms with Crippen molar-refractivity contribution >= 4 is 57.7 Å². The van der Waals surface area contributed by atoms with Gasteiger partial charge in [0.25, 0.3) is 25.0 Å². The Balaban J connectivity index is 1.11. The Morgan fingerprint density at radius 2 is 1.34 bits per heavy atom. The molecular weight excluding hydrogens is 838 g/mol. The van der Waals surface area contributed by atoms with Crippen molar-refractivity contribution in [3.05, 3.63) is 65.5 Å².